The van der Waals surface area contributed by atoms with Crippen LogP contribution in [-0.2, 0) is 18.9 Å². The van der Waals surface area contributed by atoms with E-state index in [1.165, 1.54) is 25.7 Å². The van der Waals surface area contributed by atoms with Gasteiger partial charge < -0.3 is 18.9 Å². The lowest BCUT2D eigenvalue weighted by Crippen LogP contribution is -2.38. The van der Waals surface area contributed by atoms with Gasteiger partial charge in [0, 0.05) is 20.8 Å². The number of ether oxygens (including phenoxy) is 4. The van der Waals surface area contributed by atoms with Gasteiger partial charge in [0.05, 0.1) is 6.10 Å². The Hall–Kier alpha value is -0.160. The van der Waals surface area contributed by atoms with Crippen molar-refractivity contribution < 1.29 is 18.9 Å². The van der Waals surface area contributed by atoms with Gasteiger partial charge in [-0.25, -0.2) is 0 Å². The first-order chi connectivity index (χ1) is 12.0. The number of hydrogen-bond donors (Lipinski definition) is 0. The van der Waals surface area contributed by atoms with Gasteiger partial charge in [0.2, 0.25) is 0 Å². The molecule has 1 fully saturated rings. The van der Waals surface area contributed by atoms with Gasteiger partial charge in [0.15, 0.2) is 6.29 Å². The van der Waals surface area contributed by atoms with Gasteiger partial charge in [-0.2, -0.15) is 0 Å². The second kappa shape index (κ2) is 12.3. The summed E-state index contributed by atoms with van der Waals surface area (Å²) in [6.07, 6.45) is 6.77. The predicted molar refractivity (Wildman–Crippen MR) is 103 cm³/mol. The molecule has 0 spiro atoms. The van der Waals surface area contributed by atoms with Crippen molar-refractivity contribution in [1.29, 1.82) is 0 Å². The van der Waals surface area contributed by atoms with Crippen molar-refractivity contribution in [3.05, 3.63) is 0 Å². The molecule has 0 aliphatic carbocycles. The minimum absolute atomic E-state index is 0.0421. The van der Waals surface area contributed by atoms with Crippen LogP contribution in [-0.4, -0.2) is 45.4 Å². The van der Waals surface area contributed by atoms with Crippen LogP contribution in [0.3, 0.4) is 0 Å². The summed E-state index contributed by atoms with van der Waals surface area (Å²) >= 11 is 0. The third kappa shape index (κ3) is 7.16. The van der Waals surface area contributed by atoms with Crippen LogP contribution in [0.15, 0.2) is 0 Å². The summed E-state index contributed by atoms with van der Waals surface area (Å²) in [7, 11) is 3.45. The van der Waals surface area contributed by atoms with E-state index in [4.69, 9.17) is 18.9 Å². The molecule has 1 aliphatic rings. The minimum atomic E-state index is -0.313. The van der Waals surface area contributed by atoms with Crippen molar-refractivity contribution in [3.63, 3.8) is 0 Å². The fourth-order valence-corrected chi connectivity index (χ4v) is 3.76. The van der Waals surface area contributed by atoms with Gasteiger partial charge in [0.25, 0.3) is 0 Å². The van der Waals surface area contributed by atoms with Gasteiger partial charge in [-0.05, 0) is 30.6 Å². The highest BCUT2D eigenvalue weighted by Gasteiger charge is 2.47. The molecule has 1 aliphatic heterocycles. The van der Waals surface area contributed by atoms with Crippen molar-refractivity contribution in [2.75, 3.05) is 20.8 Å². The van der Waals surface area contributed by atoms with Crippen molar-refractivity contribution in [2.24, 2.45) is 17.8 Å². The topological polar surface area (TPSA) is 36.9 Å². The van der Waals surface area contributed by atoms with Crippen LogP contribution in [0.25, 0.3) is 0 Å². The van der Waals surface area contributed by atoms with Crippen LogP contribution in [0.1, 0.15) is 73.1 Å². The summed E-state index contributed by atoms with van der Waals surface area (Å²) in [5, 5.41) is 0. The summed E-state index contributed by atoms with van der Waals surface area (Å²) in [6, 6.07) is 0. The first kappa shape index (κ1) is 22.9. The van der Waals surface area contributed by atoms with Crippen LogP contribution in [0, 0.1) is 17.8 Å². The molecule has 150 valence electrons. The van der Waals surface area contributed by atoms with Gasteiger partial charge in [-0.1, -0.05) is 60.3 Å². The smallest absolute Gasteiger partial charge is 0.186 e. The molecule has 0 aromatic rings. The Kier molecular flexibility index (Phi) is 11.2. The Morgan fingerprint density at radius 1 is 0.880 bits per heavy atom. The third-order valence-electron chi connectivity index (χ3n) is 5.83. The Morgan fingerprint density at radius 2 is 1.56 bits per heavy atom. The predicted octanol–water partition coefficient (Wildman–Crippen LogP) is 5.05. The van der Waals surface area contributed by atoms with Crippen LogP contribution in [0.2, 0.25) is 0 Å². The molecule has 1 heterocycles. The van der Waals surface area contributed by atoms with Gasteiger partial charge in [-0.15, -0.1) is 0 Å². The highest BCUT2D eigenvalue weighted by molar-refractivity contribution is 4.91. The van der Waals surface area contributed by atoms with E-state index in [0.717, 1.165) is 31.3 Å². The average Bonchev–Trinajstić information content (AvgIpc) is 2.97. The third-order valence-corrected chi connectivity index (χ3v) is 5.83. The Morgan fingerprint density at radius 3 is 2.12 bits per heavy atom. The zero-order chi connectivity index (χ0) is 18.8. The lowest BCUT2D eigenvalue weighted by atomic mass is 9.92. The summed E-state index contributed by atoms with van der Waals surface area (Å²) in [6.45, 7) is 12.1. The highest BCUT2D eigenvalue weighted by atomic mass is 16.7. The molecule has 0 amide bonds. The summed E-state index contributed by atoms with van der Waals surface area (Å²) in [5.41, 5.74) is 0. The monoisotopic (exact) mass is 358 g/mol. The molecule has 25 heavy (non-hydrogen) atoms. The van der Waals surface area contributed by atoms with E-state index >= 15 is 0 Å². The van der Waals surface area contributed by atoms with E-state index in [1.807, 2.05) is 0 Å². The molecule has 0 bridgehead atoms. The van der Waals surface area contributed by atoms with Crippen LogP contribution < -0.4 is 0 Å². The van der Waals surface area contributed by atoms with Crippen LogP contribution >= 0.6 is 0 Å². The molecule has 0 radical (unpaired) electrons. The fraction of sp³-hybridized carbons (Fsp3) is 1.00. The highest BCUT2D eigenvalue weighted by Crippen LogP contribution is 2.32. The van der Waals surface area contributed by atoms with E-state index in [2.05, 4.69) is 34.6 Å². The SMILES string of the molecule is CCC(C)CC(C)CCCCOC1O[C@H]([C@H](C)CC)C(OC)C1OC. The molecule has 0 aromatic carbocycles. The molecule has 0 N–H and O–H groups in total. The number of unbranched alkanes of at least 4 members (excludes halogenated alkanes) is 1. The van der Waals surface area contributed by atoms with E-state index in [0.29, 0.717) is 5.92 Å². The molecular weight excluding hydrogens is 316 g/mol. The lowest BCUT2D eigenvalue weighted by molar-refractivity contribution is -0.176. The van der Waals surface area contributed by atoms with E-state index in [-0.39, 0.29) is 24.6 Å². The maximum atomic E-state index is 6.14. The Bertz CT molecular complexity index is 336. The van der Waals surface area contributed by atoms with Gasteiger partial charge >= 0.3 is 0 Å². The van der Waals surface area contributed by atoms with Crippen LogP contribution in [0.4, 0.5) is 0 Å². The number of rotatable bonds is 13. The molecule has 0 aromatic heterocycles. The summed E-state index contributed by atoms with van der Waals surface area (Å²) in [4.78, 5) is 0. The molecule has 1 rings (SSSR count). The Balaban J connectivity index is 2.33. The standard InChI is InChI=1S/C21H42O4/c1-8-15(3)14-16(4)12-10-11-13-24-21-20(23-7)19(22-6)18(25-21)17(5)9-2/h15-21H,8-14H2,1-7H3/t15?,16?,17-,18-,19?,20?,21?/m1/s1. The zero-order valence-electron chi connectivity index (χ0n) is 17.6. The quantitative estimate of drug-likeness (QED) is 0.432. The molecule has 7 atom stereocenters. The minimum Gasteiger partial charge on any atom is -0.376 e. The molecule has 4 heteroatoms. The van der Waals surface area contributed by atoms with E-state index in [1.54, 1.807) is 14.2 Å². The van der Waals surface area contributed by atoms with E-state index in [9.17, 15) is 0 Å². The summed E-state index contributed by atoms with van der Waals surface area (Å²) < 4.78 is 23.4. The van der Waals surface area contributed by atoms with Gasteiger partial charge in [-0.3, -0.25) is 0 Å². The molecule has 0 saturated carbocycles. The maximum absolute atomic E-state index is 6.14. The Labute approximate surface area is 155 Å². The second-order valence-electron chi connectivity index (χ2n) is 7.98. The maximum Gasteiger partial charge on any atom is 0.186 e. The van der Waals surface area contributed by atoms with E-state index < -0.39 is 0 Å². The lowest BCUT2D eigenvalue weighted by Gasteiger charge is -2.24. The second-order valence-corrected chi connectivity index (χ2v) is 7.98. The molecular formula is C21H42O4. The van der Waals surface area contributed by atoms with Crippen molar-refractivity contribution in [1.82, 2.24) is 0 Å². The first-order valence-electron chi connectivity index (χ1n) is 10.3. The molecule has 4 nitrogen and oxygen atoms in total. The number of methoxy groups -OCH3 is 2. The molecule has 1 saturated heterocycles. The van der Waals surface area contributed by atoms with Crippen molar-refractivity contribution in [2.45, 2.75) is 97.7 Å². The largest absolute Gasteiger partial charge is 0.376 e. The van der Waals surface area contributed by atoms with Gasteiger partial charge in [0.1, 0.15) is 12.2 Å². The van der Waals surface area contributed by atoms with Crippen molar-refractivity contribution >= 4 is 0 Å². The average molecular weight is 359 g/mol. The van der Waals surface area contributed by atoms with Crippen molar-refractivity contribution in [3.8, 4) is 0 Å². The number of hydrogen-bond acceptors (Lipinski definition) is 4. The fourth-order valence-electron chi connectivity index (χ4n) is 3.76. The first-order valence-corrected chi connectivity index (χ1v) is 10.3. The normalized spacial score (nSPS) is 30.4. The summed E-state index contributed by atoms with van der Waals surface area (Å²) in [5.74, 6) is 2.07. The molecule has 5 unspecified atom stereocenters. The zero-order valence-corrected chi connectivity index (χ0v) is 17.6. The van der Waals surface area contributed by atoms with Crippen LogP contribution in [0.5, 0.6) is 0 Å².